The number of benzene rings is 1. The van der Waals surface area contributed by atoms with E-state index >= 15 is 0 Å². The van der Waals surface area contributed by atoms with Crippen LogP contribution in [0, 0.1) is 17.1 Å². The number of hydrogen-bond donors (Lipinski definition) is 0. The van der Waals surface area contributed by atoms with Crippen molar-refractivity contribution in [2.45, 2.75) is 19.8 Å². The fraction of sp³-hybridized carbons (Fsp3) is 0.300. The highest BCUT2D eigenvalue weighted by Crippen LogP contribution is 2.17. The van der Waals surface area contributed by atoms with Crippen LogP contribution < -0.4 is 0 Å². The van der Waals surface area contributed by atoms with E-state index in [0.29, 0.717) is 5.92 Å². The van der Waals surface area contributed by atoms with E-state index in [1.165, 1.54) is 12.1 Å². The second-order valence-corrected chi connectivity index (χ2v) is 3.01. The van der Waals surface area contributed by atoms with Crippen molar-refractivity contribution in [1.29, 1.82) is 5.26 Å². The molecule has 1 nitrogen and oxygen atoms in total. The molecular weight excluding hydrogens is 153 g/mol. The zero-order valence-electron chi connectivity index (χ0n) is 7.13. The Labute approximate surface area is 71.4 Å². The molecule has 12 heavy (non-hydrogen) atoms. The van der Waals surface area contributed by atoms with Crippen molar-refractivity contribution in [2.24, 2.45) is 0 Å². The van der Waals surface area contributed by atoms with Crippen LogP contribution in [0.3, 0.4) is 0 Å². The standard InChI is InChI=1S/C10H10FN/c1-7(2)8-3-4-9(6-12)10(11)5-8/h3-5,7H,1-2H3. The Bertz CT molecular complexity index is 323. The molecule has 1 aromatic rings. The van der Waals surface area contributed by atoms with Crippen LogP contribution in [0.1, 0.15) is 30.9 Å². The molecule has 2 heteroatoms. The molecule has 0 amide bonds. The van der Waals surface area contributed by atoms with E-state index in [2.05, 4.69) is 0 Å². The Morgan fingerprint density at radius 2 is 2.08 bits per heavy atom. The predicted molar refractivity (Wildman–Crippen MR) is 45.2 cm³/mol. The highest BCUT2D eigenvalue weighted by molar-refractivity contribution is 5.34. The van der Waals surface area contributed by atoms with E-state index in [1.807, 2.05) is 13.8 Å². The fourth-order valence-corrected chi connectivity index (χ4v) is 0.981. The molecule has 0 aliphatic heterocycles. The molecule has 0 aliphatic rings. The maximum Gasteiger partial charge on any atom is 0.141 e. The van der Waals surface area contributed by atoms with Gasteiger partial charge in [0.15, 0.2) is 0 Å². The van der Waals surface area contributed by atoms with E-state index < -0.39 is 5.82 Å². The van der Waals surface area contributed by atoms with E-state index in [4.69, 9.17) is 5.26 Å². The molecule has 0 saturated carbocycles. The first-order valence-corrected chi connectivity index (χ1v) is 3.84. The molecule has 0 bridgehead atoms. The van der Waals surface area contributed by atoms with Gasteiger partial charge < -0.3 is 0 Å². The van der Waals surface area contributed by atoms with Crippen LogP contribution in [0.25, 0.3) is 0 Å². The van der Waals surface area contributed by atoms with E-state index in [-0.39, 0.29) is 5.56 Å². The van der Waals surface area contributed by atoms with Gasteiger partial charge in [-0.05, 0) is 23.6 Å². The van der Waals surface area contributed by atoms with Gasteiger partial charge in [-0.15, -0.1) is 0 Å². The summed E-state index contributed by atoms with van der Waals surface area (Å²) in [6.07, 6.45) is 0. The summed E-state index contributed by atoms with van der Waals surface area (Å²) in [4.78, 5) is 0. The minimum atomic E-state index is -0.427. The minimum absolute atomic E-state index is 0.111. The Morgan fingerprint density at radius 1 is 1.42 bits per heavy atom. The number of hydrogen-bond acceptors (Lipinski definition) is 1. The van der Waals surface area contributed by atoms with Crippen LogP contribution in [0.5, 0.6) is 0 Å². The van der Waals surface area contributed by atoms with Gasteiger partial charge in [0.1, 0.15) is 11.9 Å². The number of nitrogens with zero attached hydrogens (tertiary/aromatic N) is 1. The molecule has 0 aliphatic carbocycles. The van der Waals surface area contributed by atoms with Crippen molar-refractivity contribution in [3.63, 3.8) is 0 Å². The Kier molecular flexibility index (Phi) is 2.44. The summed E-state index contributed by atoms with van der Waals surface area (Å²) in [5.41, 5.74) is 1.03. The summed E-state index contributed by atoms with van der Waals surface area (Å²) in [5, 5.41) is 8.46. The van der Waals surface area contributed by atoms with Gasteiger partial charge in [0.25, 0.3) is 0 Å². The molecule has 0 saturated heterocycles. The minimum Gasteiger partial charge on any atom is -0.206 e. The summed E-state index contributed by atoms with van der Waals surface area (Å²) >= 11 is 0. The average Bonchev–Trinajstić information content (AvgIpc) is 2.04. The topological polar surface area (TPSA) is 23.8 Å². The first kappa shape index (κ1) is 8.73. The van der Waals surface area contributed by atoms with Crippen LogP contribution in [-0.2, 0) is 0 Å². The SMILES string of the molecule is CC(C)c1ccc(C#N)c(F)c1. The summed E-state index contributed by atoms with van der Waals surface area (Å²) in [6.45, 7) is 3.97. The smallest absolute Gasteiger partial charge is 0.141 e. The van der Waals surface area contributed by atoms with Crippen molar-refractivity contribution in [2.75, 3.05) is 0 Å². The number of rotatable bonds is 1. The highest BCUT2D eigenvalue weighted by atomic mass is 19.1. The molecule has 1 aromatic carbocycles. The van der Waals surface area contributed by atoms with Gasteiger partial charge in [-0.1, -0.05) is 19.9 Å². The van der Waals surface area contributed by atoms with Crippen LogP contribution in [0.4, 0.5) is 4.39 Å². The highest BCUT2D eigenvalue weighted by Gasteiger charge is 2.04. The third-order valence-electron chi connectivity index (χ3n) is 1.78. The summed E-state index contributed by atoms with van der Waals surface area (Å²) in [7, 11) is 0. The van der Waals surface area contributed by atoms with Gasteiger partial charge in [0.2, 0.25) is 0 Å². The normalized spacial score (nSPS) is 9.92. The lowest BCUT2D eigenvalue weighted by molar-refractivity contribution is 0.619. The Morgan fingerprint density at radius 3 is 2.50 bits per heavy atom. The third kappa shape index (κ3) is 1.62. The van der Waals surface area contributed by atoms with Gasteiger partial charge in [0.05, 0.1) is 5.56 Å². The summed E-state index contributed by atoms with van der Waals surface area (Å²) in [5.74, 6) is -0.129. The monoisotopic (exact) mass is 163 g/mol. The largest absolute Gasteiger partial charge is 0.206 e. The summed E-state index contributed by atoms with van der Waals surface area (Å²) < 4.78 is 13.0. The Balaban J connectivity index is 3.12. The second kappa shape index (κ2) is 3.36. The third-order valence-corrected chi connectivity index (χ3v) is 1.78. The van der Waals surface area contributed by atoms with Crippen LogP contribution in [0.15, 0.2) is 18.2 Å². The van der Waals surface area contributed by atoms with Gasteiger partial charge in [0, 0.05) is 0 Å². The fourth-order valence-electron chi connectivity index (χ4n) is 0.981. The first-order valence-electron chi connectivity index (χ1n) is 3.84. The number of nitriles is 1. The van der Waals surface area contributed by atoms with Gasteiger partial charge >= 0.3 is 0 Å². The van der Waals surface area contributed by atoms with Crippen molar-refractivity contribution in [1.82, 2.24) is 0 Å². The van der Waals surface area contributed by atoms with E-state index in [9.17, 15) is 4.39 Å². The molecule has 0 fully saturated rings. The lowest BCUT2D eigenvalue weighted by Gasteiger charge is -2.04. The molecule has 62 valence electrons. The predicted octanol–water partition coefficient (Wildman–Crippen LogP) is 2.82. The zero-order valence-corrected chi connectivity index (χ0v) is 7.13. The van der Waals surface area contributed by atoms with E-state index in [0.717, 1.165) is 5.56 Å². The van der Waals surface area contributed by atoms with Crippen LogP contribution >= 0.6 is 0 Å². The van der Waals surface area contributed by atoms with Crippen molar-refractivity contribution >= 4 is 0 Å². The quantitative estimate of drug-likeness (QED) is 0.624. The molecular formula is C10H10FN. The van der Waals surface area contributed by atoms with Crippen molar-refractivity contribution in [3.8, 4) is 6.07 Å². The van der Waals surface area contributed by atoms with Gasteiger partial charge in [-0.25, -0.2) is 4.39 Å². The molecule has 0 atom stereocenters. The molecule has 0 radical (unpaired) electrons. The van der Waals surface area contributed by atoms with Crippen LogP contribution in [-0.4, -0.2) is 0 Å². The Hall–Kier alpha value is -1.36. The van der Waals surface area contributed by atoms with Gasteiger partial charge in [-0.3, -0.25) is 0 Å². The maximum atomic E-state index is 13.0. The van der Waals surface area contributed by atoms with Crippen LogP contribution in [0.2, 0.25) is 0 Å². The van der Waals surface area contributed by atoms with Crippen molar-refractivity contribution in [3.05, 3.63) is 35.1 Å². The zero-order chi connectivity index (χ0) is 9.14. The molecule has 0 unspecified atom stereocenters. The maximum absolute atomic E-state index is 13.0. The van der Waals surface area contributed by atoms with Gasteiger partial charge in [-0.2, -0.15) is 5.26 Å². The first-order chi connectivity index (χ1) is 5.65. The van der Waals surface area contributed by atoms with Crippen molar-refractivity contribution < 1.29 is 4.39 Å². The number of halogens is 1. The summed E-state index contributed by atoms with van der Waals surface area (Å²) in [6, 6.07) is 6.51. The molecule has 0 spiro atoms. The molecule has 0 heterocycles. The molecule has 0 N–H and O–H groups in total. The molecule has 0 aromatic heterocycles. The second-order valence-electron chi connectivity index (χ2n) is 3.01. The average molecular weight is 163 g/mol. The molecule has 1 rings (SSSR count). The van der Waals surface area contributed by atoms with E-state index in [1.54, 1.807) is 12.1 Å². The lowest BCUT2D eigenvalue weighted by Crippen LogP contribution is -1.90. The lowest BCUT2D eigenvalue weighted by atomic mass is 10.0.